The molecule has 0 radical (unpaired) electrons. The van der Waals surface area contributed by atoms with Gasteiger partial charge in [0.05, 0.1) is 18.8 Å². The van der Waals surface area contributed by atoms with Crippen molar-refractivity contribution in [3.63, 3.8) is 0 Å². The van der Waals surface area contributed by atoms with E-state index in [9.17, 15) is 0 Å². The molecule has 1 aromatic heterocycles. The molecule has 0 fully saturated rings. The average molecular weight is 253 g/mol. The second kappa shape index (κ2) is 6.71. The van der Waals surface area contributed by atoms with Gasteiger partial charge in [-0.2, -0.15) is 0 Å². The Hall–Kier alpha value is -1.13. The minimum Gasteiger partial charge on any atom is -0.475 e. The molecular weight excluding hydrogens is 230 g/mol. The van der Waals surface area contributed by atoms with Gasteiger partial charge in [-0.3, -0.25) is 0 Å². The van der Waals surface area contributed by atoms with Crippen LogP contribution < -0.4 is 4.74 Å². The van der Waals surface area contributed by atoms with Gasteiger partial charge in [-0.05, 0) is 38.8 Å². The van der Waals surface area contributed by atoms with E-state index in [1.54, 1.807) is 6.07 Å². The van der Waals surface area contributed by atoms with Gasteiger partial charge in [-0.15, -0.1) is 0 Å². The highest BCUT2D eigenvalue weighted by atomic mass is 16.5. The minimum atomic E-state index is -0.154. The van der Waals surface area contributed by atoms with Crippen molar-refractivity contribution >= 4 is 0 Å². The van der Waals surface area contributed by atoms with Gasteiger partial charge in [0, 0.05) is 11.8 Å². The summed E-state index contributed by atoms with van der Waals surface area (Å²) in [5.74, 6) is 0.552. The Morgan fingerprint density at radius 3 is 2.50 bits per heavy atom. The number of aliphatic hydroxyl groups is 1. The summed E-state index contributed by atoms with van der Waals surface area (Å²) in [7, 11) is 0. The first kappa shape index (κ1) is 14.9. The Bertz CT molecular complexity index is 350. The summed E-state index contributed by atoms with van der Waals surface area (Å²) < 4.78 is 11.1. The molecule has 0 aromatic carbocycles. The van der Waals surface area contributed by atoms with E-state index in [0.29, 0.717) is 19.1 Å². The van der Waals surface area contributed by atoms with Crippen LogP contribution >= 0.6 is 0 Å². The van der Waals surface area contributed by atoms with Crippen LogP contribution in [-0.2, 0) is 17.8 Å². The van der Waals surface area contributed by atoms with E-state index in [2.05, 4.69) is 4.98 Å². The normalized spacial score (nSPS) is 11.6. The fraction of sp³-hybridized carbons (Fsp3) is 0.643. The number of rotatable bonds is 6. The maximum Gasteiger partial charge on any atom is 0.213 e. The molecule has 0 aliphatic carbocycles. The van der Waals surface area contributed by atoms with Crippen molar-refractivity contribution in [2.24, 2.45) is 0 Å². The molecule has 1 aromatic rings. The van der Waals surface area contributed by atoms with Crippen molar-refractivity contribution in [2.45, 2.75) is 46.3 Å². The smallest absolute Gasteiger partial charge is 0.213 e. The summed E-state index contributed by atoms with van der Waals surface area (Å²) in [6.07, 6.45) is 0.822. The number of hydrogen-bond donors (Lipinski definition) is 1. The summed E-state index contributed by atoms with van der Waals surface area (Å²) in [5.41, 5.74) is 1.60. The van der Waals surface area contributed by atoms with Crippen LogP contribution in [0.2, 0.25) is 0 Å². The van der Waals surface area contributed by atoms with Gasteiger partial charge in [0.1, 0.15) is 6.61 Å². The number of pyridine rings is 1. The van der Waals surface area contributed by atoms with Gasteiger partial charge < -0.3 is 14.6 Å². The van der Waals surface area contributed by atoms with Crippen molar-refractivity contribution in [3.8, 4) is 5.88 Å². The highest BCUT2D eigenvalue weighted by Crippen LogP contribution is 2.14. The number of aryl methyl sites for hydroxylation is 1. The van der Waals surface area contributed by atoms with E-state index in [4.69, 9.17) is 14.6 Å². The summed E-state index contributed by atoms with van der Waals surface area (Å²) >= 11 is 0. The van der Waals surface area contributed by atoms with Gasteiger partial charge in [-0.1, -0.05) is 6.92 Å². The molecule has 0 saturated carbocycles. The number of ether oxygens (including phenoxy) is 2. The Balaban J connectivity index is 2.51. The van der Waals surface area contributed by atoms with Crippen LogP contribution in [0, 0.1) is 0 Å². The number of hydrogen-bond acceptors (Lipinski definition) is 4. The quantitative estimate of drug-likeness (QED) is 0.791. The van der Waals surface area contributed by atoms with Crippen LogP contribution in [0.3, 0.4) is 0 Å². The van der Waals surface area contributed by atoms with Crippen molar-refractivity contribution in [2.75, 3.05) is 13.2 Å². The summed E-state index contributed by atoms with van der Waals surface area (Å²) in [4.78, 5) is 4.34. The number of aromatic nitrogens is 1. The van der Waals surface area contributed by atoms with Gasteiger partial charge in [0.15, 0.2) is 0 Å². The van der Waals surface area contributed by atoms with Crippen LogP contribution in [0.4, 0.5) is 0 Å². The van der Waals surface area contributed by atoms with Crippen molar-refractivity contribution < 1.29 is 14.6 Å². The van der Waals surface area contributed by atoms with Crippen molar-refractivity contribution in [1.29, 1.82) is 0 Å². The fourth-order valence-electron chi connectivity index (χ4n) is 1.46. The zero-order valence-electron chi connectivity index (χ0n) is 11.7. The molecule has 0 bridgehead atoms. The van der Waals surface area contributed by atoms with E-state index in [1.165, 1.54) is 0 Å². The first-order chi connectivity index (χ1) is 8.44. The van der Waals surface area contributed by atoms with Crippen molar-refractivity contribution in [3.05, 3.63) is 23.4 Å². The first-order valence-corrected chi connectivity index (χ1v) is 6.32. The molecule has 0 amide bonds. The topological polar surface area (TPSA) is 51.6 Å². The Morgan fingerprint density at radius 2 is 1.94 bits per heavy atom. The summed E-state index contributed by atoms with van der Waals surface area (Å²) in [6, 6.07) is 3.65. The second-order valence-corrected chi connectivity index (χ2v) is 5.13. The molecule has 1 heterocycles. The third kappa shape index (κ3) is 5.47. The first-order valence-electron chi connectivity index (χ1n) is 6.32. The lowest BCUT2D eigenvalue weighted by Gasteiger charge is -2.19. The second-order valence-electron chi connectivity index (χ2n) is 5.13. The van der Waals surface area contributed by atoms with Crippen LogP contribution in [0.5, 0.6) is 5.88 Å². The highest BCUT2D eigenvalue weighted by Gasteiger charge is 2.09. The molecule has 0 unspecified atom stereocenters. The average Bonchev–Trinajstić information content (AvgIpc) is 2.33. The lowest BCUT2D eigenvalue weighted by Crippen LogP contribution is -2.22. The van der Waals surface area contributed by atoms with Crippen LogP contribution in [0.25, 0.3) is 0 Å². The van der Waals surface area contributed by atoms with Crippen LogP contribution in [-0.4, -0.2) is 28.9 Å². The third-order valence-corrected chi connectivity index (χ3v) is 2.33. The molecule has 0 aliphatic rings. The molecule has 1 N–H and O–H groups in total. The van der Waals surface area contributed by atoms with E-state index in [-0.39, 0.29) is 12.2 Å². The highest BCUT2D eigenvalue weighted by molar-refractivity contribution is 5.24. The van der Waals surface area contributed by atoms with Gasteiger partial charge in [0.25, 0.3) is 0 Å². The largest absolute Gasteiger partial charge is 0.475 e. The lowest BCUT2D eigenvalue weighted by molar-refractivity contribution is -0.0168. The van der Waals surface area contributed by atoms with E-state index >= 15 is 0 Å². The molecule has 4 heteroatoms. The SMILES string of the molecule is CCc1cc(CO)cc(OCCOC(C)(C)C)n1. The maximum atomic E-state index is 9.15. The van der Waals surface area contributed by atoms with Gasteiger partial charge >= 0.3 is 0 Å². The van der Waals surface area contributed by atoms with E-state index in [1.807, 2.05) is 33.8 Å². The molecule has 0 aliphatic heterocycles. The third-order valence-electron chi connectivity index (χ3n) is 2.33. The summed E-state index contributed by atoms with van der Waals surface area (Å²) in [6.45, 7) is 9.03. The molecular formula is C14H23NO3. The Morgan fingerprint density at radius 1 is 1.22 bits per heavy atom. The monoisotopic (exact) mass is 253 g/mol. The maximum absolute atomic E-state index is 9.15. The van der Waals surface area contributed by atoms with E-state index in [0.717, 1.165) is 17.7 Å². The van der Waals surface area contributed by atoms with Crippen LogP contribution in [0.15, 0.2) is 12.1 Å². The molecule has 4 nitrogen and oxygen atoms in total. The molecule has 0 spiro atoms. The molecule has 0 atom stereocenters. The van der Waals surface area contributed by atoms with E-state index < -0.39 is 0 Å². The Labute approximate surface area is 109 Å². The zero-order valence-corrected chi connectivity index (χ0v) is 11.7. The molecule has 0 saturated heterocycles. The molecule has 102 valence electrons. The fourth-order valence-corrected chi connectivity index (χ4v) is 1.46. The standard InChI is InChI=1S/C14H23NO3/c1-5-12-8-11(10-16)9-13(15-12)17-6-7-18-14(2,3)4/h8-9,16H,5-7,10H2,1-4H3. The lowest BCUT2D eigenvalue weighted by atomic mass is 10.2. The predicted molar refractivity (Wildman–Crippen MR) is 70.7 cm³/mol. The van der Waals surface area contributed by atoms with Gasteiger partial charge in [0.2, 0.25) is 5.88 Å². The number of aliphatic hydroxyl groups excluding tert-OH is 1. The Kier molecular flexibility index (Phi) is 5.56. The minimum absolute atomic E-state index is 0.00434. The predicted octanol–water partition coefficient (Wildman–Crippen LogP) is 2.33. The summed E-state index contributed by atoms with van der Waals surface area (Å²) in [5, 5.41) is 9.15. The molecule has 1 rings (SSSR count). The number of nitrogens with zero attached hydrogens (tertiary/aromatic N) is 1. The van der Waals surface area contributed by atoms with Crippen molar-refractivity contribution in [1.82, 2.24) is 4.98 Å². The molecule has 18 heavy (non-hydrogen) atoms. The van der Waals surface area contributed by atoms with Crippen LogP contribution in [0.1, 0.15) is 39.0 Å². The van der Waals surface area contributed by atoms with Gasteiger partial charge in [-0.25, -0.2) is 4.98 Å². The zero-order chi connectivity index (χ0) is 13.6.